The van der Waals surface area contributed by atoms with Crippen molar-refractivity contribution in [1.82, 2.24) is 19.7 Å². The topological polar surface area (TPSA) is 81.9 Å². The van der Waals surface area contributed by atoms with Crippen LogP contribution in [0.1, 0.15) is 23.0 Å². The monoisotopic (exact) mass is 329 g/mol. The van der Waals surface area contributed by atoms with E-state index in [-0.39, 0.29) is 24.7 Å². The second kappa shape index (κ2) is 7.07. The third-order valence-electron chi connectivity index (χ3n) is 2.78. The van der Waals surface area contributed by atoms with Crippen LogP contribution >= 0.6 is 0 Å². The fourth-order valence-corrected chi connectivity index (χ4v) is 1.71. The number of nitrogens with zero attached hydrogens (tertiary/aromatic N) is 4. The van der Waals surface area contributed by atoms with Crippen molar-refractivity contribution in [2.45, 2.75) is 19.6 Å². The van der Waals surface area contributed by atoms with Crippen LogP contribution in [0.25, 0.3) is 0 Å². The van der Waals surface area contributed by atoms with Gasteiger partial charge in [-0.3, -0.25) is 0 Å². The summed E-state index contributed by atoms with van der Waals surface area (Å²) in [6, 6.07) is 0.880. The largest absolute Gasteiger partial charge is 0.461 e. The van der Waals surface area contributed by atoms with E-state index in [0.29, 0.717) is 12.7 Å². The van der Waals surface area contributed by atoms with Crippen molar-refractivity contribution in [2.75, 3.05) is 18.5 Å². The molecule has 0 amide bonds. The number of alkyl halides is 3. The summed E-state index contributed by atoms with van der Waals surface area (Å²) in [5, 5.41) is 9.62. The molecule has 0 saturated carbocycles. The lowest BCUT2D eigenvalue weighted by molar-refractivity contribution is -0.137. The minimum atomic E-state index is -4.47. The Hall–Kier alpha value is -2.65. The molecule has 23 heavy (non-hydrogen) atoms. The Morgan fingerprint density at radius 3 is 2.91 bits per heavy atom. The second-order valence-corrected chi connectivity index (χ2v) is 4.47. The Morgan fingerprint density at radius 2 is 2.22 bits per heavy atom. The predicted molar refractivity (Wildman–Crippen MR) is 73.7 cm³/mol. The first-order valence-corrected chi connectivity index (χ1v) is 6.73. The number of carbonyl (C=O) groups is 1. The number of anilines is 1. The predicted octanol–water partition coefficient (Wildman–Crippen LogP) is 1.98. The number of imidazole rings is 1. The Bertz CT molecular complexity index is 672. The van der Waals surface area contributed by atoms with Crippen LogP contribution in [-0.4, -0.2) is 38.9 Å². The number of hydrogen-bond acceptors (Lipinski definition) is 6. The van der Waals surface area contributed by atoms with Crippen molar-refractivity contribution >= 4 is 11.8 Å². The highest BCUT2D eigenvalue weighted by atomic mass is 19.4. The second-order valence-electron chi connectivity index (χ2n) is 4.47. The van der Waals surface area contributed by atoms with Gasteiger partial charge in [0.25, 0.3) is 0 Å². The number of hydrogen-bond donors (Lipinski definition) is 1. The highest BCUT2D eigenvalue weighted by molar-refractivity contribution is 5.86. The van der Waals surface area contributed by atoms with Crippen LogP contribution in [0.3, 0.4) is 0 Å². The Kier molecular flexibility index (Phi) is 5.14. The molecule has 0 spiro atoms. The summed E-state index contributed by atoms with van der Waals surface area (Å²) in [5.41, 5.74) is -0.701. The first-order valence-electron chi connectivity index (χ1n) is 6.73. The zero-order valence-electron chi connectivity index (χ0n) is 12.2. The molecule has 0 aromatic carbocycles. The zero-order chi connectivity index (χ0) is 16.9. The molecule has 2 aromatic heterocycles. The van der Waals surface area contributed by atoms with Gasteiger partial charge in [0.05, 0.1) is 24.7 Å². The lowest BCUT2D eigenvalue weighted by atomic mass is 10.3. The molecule has 0 radical (unpaired) electrons. The summed E-state index contributed by atoms with van der Waals surface area (Å²) >= 11 is 0. The number of carbonyl (C=O) groups excluding carboxylic acids is 1. The molecular weight excluding hydrogens is 315 g/mol. The van der Waals surface area contributed by atoms with Crippen LogP contribution in [0.15, 0.2) is 24.8 Å². The molecule has 0 unspecified atom stereocenters. The first-order chi connectivity index (χ1) is 10.9. The van der Waals surface area contributed by atoms with Gasteiger partial charge in [-0.2, -0.15) is 18.3 Å². The van der Waals surface area contributed by atoms with E-state index in [0.717, 1.165) is 6.07 Å². The summed E-state index contributed by atoms with van der Waals surface area (Å²) in [6.45, 7) is 2.61. The quantitative estimate of drug-likeness (QED) is 0.816. The van der Waals surface area contributed by atoms with E-state index in [9.17, 15) is 18.0 Å². The minimum absolute atomic E-state index is 0.0190. The smallest absolute Gasteiger partial charge is 0.418 e. The maximum absolute atomic E-state index is 12.5. The molecule has 2 rings (SSSR count). The van der Waals surface area contributed by atoms with Crippen molar-refractivity contribution in [2.24, 2.45) is 0 Å². The lowest BCUT2D eigenvalue weighted by Crippen LogP contribution is -2.13. The van der Waals surface area contributed by atoms with Gasteiger partial charge in [0.1, 0.15) is 5.82 Å². The number of aromatic nitrogens is 4. The maximum Gasteiger partial charge on any atom is 0.418 e. The van der Waals surface area contributed by atoms with Gasteiger partial charge in [-0.1, -0.05) is 0 Å². The first kappa shape index (κ1) is 16.7. The van der Waals surface area contributed by atoms with E-state index >= 15 is 0 Å². The van der Waals surface area contributed by atoms with Crippen molar-refractivity contribution in [3.05, 3.63) is 36.0 Å². The summed E-state index contributed by atoms with van der Waals surface area (Å²) in [5.74, 6) is -0.506. The number of nitrogens with one attached hydrogen (secondary N) is 1. The van der Waals surface area contributed by atoms with Gasteiger partial charge in [0.15, 0.2) is 5.69 Å². The summed E-state index contributed by atoms with van der Waals surface area (Å²) in [4.78, 5) is 15.3. The minimum Gasteiger partial charge on any atom is -0.461 e. The molecule has 124 valence electrons. The molecule has 1 N–H and O–H groups in total. The van der Waals surface area contributed by atoms with E-state index in [1.807, 2.05) is 0 Å². The average Bonchev–Trinajstić information content (AvgIpc) is 2.96. The van der Waals surface area contributed by atoms with E-state index in [4.69, 9.17) is 4.74 Å². The lowest BCUT2D eigenvalue weighted by Gasteiger charge is -2.09. The highest BCUT2D eigenvalue weighted by Crippen LogP contribution is 2.29. The van der Waals surface area contributed by atoms with Crippen LogP contribution < -0.4 is 5.32 Å². The Balaban J connectivity index is 1.89. The number of rotatable bonds is 6. The third kappa shape index (κ3) is 4.66. The maximum atomic E-state index is 12.5. The molecule has 0 aliphatic carbocycles. The highest BCUT2D eigenvalue weighted by Gasteiger charge is 2.31. The molecule has 0 atom stereocenters. The summed E-state index contributed by atoms with van der Waals surface area (Å²) in [6.07, 6.45) is -0.874. The zero-order valence-corrected chi connectivity index (χ0v) is 12.2. The molecule has 0 fully saturated rings. The molecule has 0 saturated heterocycles. The van der Waals surface area contributed by atoms with Crippen LogP contribution in [0.4, 0.5) is 19.0 Å². The van der Waals surface area contributed by atoms with Gasteiger partial charge in [-0.15, -0.1) is 5.10 Å². The van der Waals surface area contributed by atoms with E-state index in [1.54, 1.807) is 11.5 Å². The standard InChI is InChI=1S/C13H14F3N5O2/c1-2-23-12(22)10-7-21(8-18-10)4-3-17-11-5-9(6-19-20-11)13(14,15)16/h5-8H,2-4H2,1H3,(H,17,20). The summed E-state index contributed by atoms with van der Waals surface area (Å²) in [7, 11) is 0. The number of halogens is 3. The SMILES string of the molecule is CCOC(=O)c1cn(CCNc2cc(C(F)(F)F)cnn2)cn1. The van der Waals surface area contributed by atoms with E-state index < -0.39 is 17.7 Å². The normalized spacial score (nSPS) is 11.3. The van der Waals surface area contributed by atoms with Crippen molar-refractivity contribution in [3.8, 4) is 0 Å². The molecule has 10 heteroatoms. The summed E-state index contributed by atoms with van der Waals surface area (Å²) < 4.78 is 44.0. The van der Waals surface area contributed by atoms with Crippen molar-refractivity contribution in [1.29, 1.82) is 0 Å². The van der Waals surface area contributed by atoms with Gasteiger partial charge < -0.3 is 14.6 Å². The molecule has 0 bridgehead atoms. The van der Waals surface area contributed by atoms with Gasteiger partial charge in [-0.05, 0) is 13.0 Å². The van der Waals surface area contributed by atoms with Gasteiger partial charge >= 0.3 is 12.1 Å². The molecule has 0 aliphatic heterocycles. The Labute approximate surface area is 129 Å². The fourth-order valence-electron chi connectivity index (χ4n) is 1.71. The molecule has 7 nitrogen and oxygen atoms in total. The molecule has 2 aromatic rings. The van der Waals surface area contributed by atoms with E-state index in [1.165, 1.54) is 12.5 Å². The molecule has 0 aliphatic rings. The number of esters is 1. The van der Waals surface area contributed by atoms with Crippen LogP contribution in [0, 0.1) is 0 Å². The van der Waals surface area contributed by atoms with Crippen LogP contribution in [0.5, 0.6) is 0 Å². The van der Waals surface area contributed by atoms with Gasteiger partial charge in [0, 0.05) is 19.3 Å². The van der Waals surface area contributed by atoms with Gasteiger partial charge in [0.2, 0.25) is 0 Å². The fraction of sp³-hybridized carbons (Fsp3) is 0.385. The van der Waals surface area contributed by atoms with E-state index in [2.05, 4.69) is 20.5 Å². The molecule has 2 heterocycles. The average molecular weight is 329 g/mol. The van der Waals surface area contributed by atoms with Crippen LogP contribution in [0.2, 0.25) is 0 Å². The van der Waals surface area contributed by atoms with Gasteiger partial charge in [-0.25, -0.2) is 9.78 Å². The third-order valence-corrected chi connectivity index (χ3v) is 2.78. The van der Waals surface area contributed by atoms with Crippen molar-refractivity contribution in [3.63, 3.8) is 0 Å². The Morgan fingerprint density at radius 1 is 1.43 bits per heavy atom. The number of ether oxygens (including phenoxy) is 1. The van der Waals surface area contributed by atoms with Crippen molar-refractivity contribution < 1.29 is 22.7 Å². The molecular formula is C13H14F3N5O2. The van der Waals surface area contributed by atoms with Crippen LogP contribution in [-0.2, 0) is 17.5 Å².